The van der Waals surface area contributed by atoms with Crippen molar-refractivity contribution in [1.29, 1.82) is 0 Å². The van der Waals surface area contributed by atoms with Gasteiger partial charge in [-0.2, -0.15) is 0 Å². The fraction of sp³-hybridized carbons (Fsp3) is 0.308. The fourth-order valence-corrected chi connectivity index (χ4v) is 7.18. The van der Waals surface area contributed by atoms with Crippen LogP contribution in [0.5, 0.6) is 11.5 Å². The molecule has 56 heavy (non-hydrogen) atoms. The van der Waals surface area contributed by atoms with Crippen molar-refractivity contribution in [2.75, 3.05) is 23.0 Å². The quantitative estimate of drug-likeness (QED) is 0.0610. The molecule has 0 amide bonds. The zero-order valence-electron chi connectivity index (χ0n) is 33.6. The first-order valence-electron chi connectivity index (χ1n) is 21.1. The first-order valence-corrected chi connectivity index (χ1v) is 21.1. The lowest BCUT2D eigenvalue weighted by Gasteiger charge is -2.26. The Hall–Kier alpha value is -5.48. The Balaban J connectivity index is 1.13. The molecule has 0 aromatic heterocycles. The van der Waals surface area contributed by atoms with Crippen LogP contribution in [0.3, 0.4) is 0 Å². The van der Waals surface area contributed by atoms with Crippen molar-refractivity contribution in [3.05, 3.63) is 158 Å². The predicted molar refractivity (Wildman–Crippen MR) is 239 cm³/mol. The van der Waals surface area contributed by atoms with Crippen molar-refractivity contribution in [3.8, 4) is 22.6 Å². The average Bonchev–Trinajstić information content (AvgIpc) is 3.25. The largest absolute Gasteiger partial charge is 0.494 e. The number of hydrogen-bond acceptors (Lipinski definition) is 4. The minimum atomic E-state index is 0.766. The third kappa shape index (κ3) is 11.8. The van der Waals surface area contributed by atoms with Crippen LogP contribution in [0.4, 0.5) is 34.1 Å². The van der Waals surface area contributed by atoms with Crippen LogP contribution in [0, 0.1) is 0 Å². The summed E-state index contributed by atoms with van der Waals surface area (Å²) in [5.41, 5.74) is 8.97. The van der Waals surface area contributed by atoms with Gasteiger partial charge in [0.25, 0.3) is 0 Å². The van der Waals surface area contributed by atoms with Gasteiger partial charge in [-0.1, -0.05) is 139 Å². The first kappa shape index (κ1) is 40.2. The van der Waals surface area contributed by atoms with Gasteiger partial charge in [-0.05, 0) is 121 Å². The Labute approximate surface area is 336 Å². The number of para-hydroxylation sites is 2. The van der Waals surface area contributed by atoms with E-state index in [2.05, 4.69) is 181 Å². The van der Waals surface area contributed by atoms with Crippen LogP contribution in [-0.2, 0) is 0 Å². The van der Waals surface area contributed by atoms with Crippen LogP contribution >= 0.6 is 0 Å². The van der Waals surface area contributed by atoms with Crippen LogP contribution < -0.4 is 19.3 Å². The second kappa shape index (κ2) is 22.2. The summed E-state index contributed by atoms with van der Waals surface area (Å²) in [6.07, 6.45) is 15.1. The van der Waals surface area contributed by atoms with E-state index < -0.39 is 0 Å². The molecule has 0 atom stereocenters. The molecule has 0 spiro atoms. The zero-order chi connectivity index (χ0) is 38.6. The number of rotatable bonds is 23. The van der Waals surface area contributed by atoms with Crippen molar-refractivity contribution in [2.45, 2.75) is 90.9 Å². The summed E-state index contributed by atoms with van der Waals surface area (Å²) in [7, 11) is 0. The summed E-state index contributed by atoms with van der Waals surface area (Å²) < 4.78 is 12.2. The maximum absolute atomic E-state index is 6.10. The highest BCUT2D eigenvalue weighted by molar-refractivity contribution is 5.80. The van der Waals surface area contributed by atoms with Crippen LogP contribution in [0.2, 0.25) is 0 Å². The molecule has 0 aliphatic carbocycles. The molecule has 0 aliphatic heterocycles. The normalized spacial score (nSPS) is 11.0. The minimum Gasteiger partial charge on any atom is -0.494 e. The standard InChI is InChI=1S/C52H60N2O2/c1-3-5-7-9-11-19-41-55-51-37-33-49(34-38-51)53(45-21-15-13-16-22-45)47-29-25-43(26-30-47)44-27-31-48(32-28-44)54(46-23-17-14-18-24-46)50-35-39-52(40-36-50)56-42-20-12-10-8-6-4-2/h13-18,21-40H,3-12,19-20,41-42H2,1-2H3. The van der Waals surface area contributed by atoms with E-state index in [1.807, 2.05) is 0 Å². The fourth-order valence-electron chi connectivity index (χ4n) is 7.18. The molecule has 0 aliphatic rings. The molecule has 0 unspecified atom stereocenters. The van der Waals surface area contributed by atoms with Gasteiger partial charge in [0.15, 0.2) is 0 Å². The van der Waals surface area contributed by atoms with Gasteiger partial charge in [-0.15, -0.1) is 0 Å². The van der Waals surface area contributed by atoms with Gasteiger partial charge in [0.05, 0.1) is 13.2 Å². The summed E-state index contributed by atoms with van der Waals surface area (Å²) >= 11 is 0. The van der Waals surface area contributed by atoms with E-state index in [0.29, 0.717) is 0 Å². The molecule has 0 fully saturated rings. The first-order chi connectivity index (χ1) is 27.7. The third-order valence-electron chi connectivity index (χ3n) is 10.3. The highest BCUT2D eigenvalue weighted by Crippen LogP contribution is 2.38. The van der Waals surface area contributed by atoms with Crippen molar-refractivity contribution in [2.24, 2.45) is 0 Å². The smallest absolute Gasteiger partial charge is 0.119 e. The van der Waals surface area contributed by atoms with Crippen LogP contribution in [-0.4, -0.2) is 13.2 Å². The number of hydrogen-bond donors (Lipinski definition) is 0. The summed E-state index contributed by atoms with van der Waals surface area (Å²) in [6, 6.07) is 55.9. The van der Waals surface area contributed by atoms with Gasteiger partial charge in [0.2, 0.25) is 0 Å². The Morgan fingerprint density at radius 1 is 0.304 bits per heavy atom. The van der Waals surface area contributed by atoms with Crippen molar-refractivity contribution in [1.82, 2.24) is 0 Å². The predicted octanol–water partition coefficient (Wildman–Crippen LogP) is 15.8. The van der Waals surface area contributed by atoms with Gasteiger partial charge >= 0.3 is 0 Å². The van der Waals surface area contributed by atoms with Crippen LogP contribution in [0.15, 0.2) is 158 Å². The molecule has 0 heterocycles. The molecule has 290 valence electrons. The molecule has 0 bridgehead atoms. The Morgan fingerprint density at radius 3 is 0.929 bits per heavy atom. The maximum atomic E-state index is 6.10. The Kier molecular flexibility index (Phi) is 15.9. The average molecular weight is 745 g/mol. The summed E-state index contributed by atoms with van der Waals surface area (Å²) in [5.74, 6) is 1.84. The minimum absolute atomic E-state index is 0.766. The number of benzene rings is 6. The topological polar surface area (TPSA) is 24.9 Å². The van der Waals surface area contributed by atoms with E-state index in [1.165, 1.54) is 75.3 Å². The Morgan fingerprint density at radius 2 is 0.589 bits per heavy atom. The molecule has 0 saturated carbocycles. The number of nitrogens with zero attached hydrogens (tertiary/aromatic N) is 2. The molecule has 6 rings (SSSR count). The number of unbranched alkanes of at least 4 members (excludes halogenated alkanes) is 10. The molecular weight excluding hydrogens is 685 g/mol. The SMILES string of the molecule is CCCCCCCCOc1ccc(N(c2ccccc2)c2ccc(-c3ccc(N(c4ccccc4)c4ccc(OCCCCCCCC)cc4)cc3)cc2)cc1. The van der Waals surface area contributed by atoms with Crippen LogP contribution in [0.25, 0.3) is 11.1 Å². The molecule has 6 aromatic carbocycles. The van der Waals surface area contributed by atoms with E-state index >= 15 is 0 Å². The summed E-state index contributed by atoms with van der Waals surface area (Å²) in [4.78, 5) is 4.60. The molecular formula is C52H60N2O2. The van der Waals surface area contributed by atoms with Gasteiger partial charge in [0, 0.05) is 34.1 Å². The molecule has 0 radical (unpaired) electrons. The zero-order valence-corrected chi connectivity index (χ0v) is 33.6. The lowest BCUT2D eigenvalue weighted by molar-refractivity contribution is 0.304. The number of ether oxygens (including phenoxy) is 2. The summed E-state index contributed by atoms with van der Waals surface area (Å²) in [6.45, 7) is 6.05. The van der Waals surface area contributed by atoms with Gasteiger partial charge < -0.3 is 19.3 Å². The molecule has 0 saturated heterocycles. The second-order valence-corrected chi connectivity index (χ2v) is 14.7. The van der Waals surface area contributed by atoms with Gasteiger partial charge in [-0.3, -0.25) is 0 Å². The van der Waals surface area contributed by atoms with E-state index in [4.69, 9.17) is 9.47 Å². The van der Waals surface area contributed by atoms with E-state index in [-0.39, 0.29) is 0 Å². The molecule has 0 N–H and O–H groups in total. The monoisotopic (exact) mass is 744 g/mol. The summed E-state index contributed by atoms with van der Waals surface area (Å²) in [5, 5.41) is 0. The van der Waals surface area contributed by atoms with E-state index in [0.717, 1.165) is 71.7 Å². The highest BCUT2D eigenvalue weighted by atomic mass is 16.5. The van der Waals surface area contributed by atoms with Gasteiger partial charge in [-0.25, -0.2) is 0 Å². The number of anilines is 6. The lowest BCUT2D eigenvalue weighted by atomic mass is 10.0. The van der Waals surface area contributed by atoms with Crippen molar-refractivity contribution in [3.63, 3.8) is 0 Å². The third-order valence-corrected chi connectivity index (χ3v) is 10.3. The molecule has 6 aromatic rings. The van der Waals surface area contributed by atoms with Crippen molar-refractivity contribution >= 4 is 34.1 Å². The maximum Gasteiger partial charge on any atom is 0.119 e. The van der Waals surface area contributed by atoms with Crippen LogP contribution in [0.1, 0.15) is 90.9 Å². The molecule has 4 nitrogen and oxygen atoms in total. The lowest BCUT2D eigenvalue weighted by Crippen LogP contribution is -2.10. The second-order valence-electron chi connectivity index (χ2n) is 14.7. The van der Waals surface area contributed by atoms with E-state index in [1.54, 1.807) is 0 Å². The molecule has 4 heteroatoms. The van der Waals surface area contributed by atoms with Gasteiger partial charge in [0.1, 0.15) is 11.5 Å². The Bertz CT molecular complexity index is 1800. The highest BCUT2D eigenvalue weighted by Gasteiger charge is 2.15. The van der Waals surface area contributed by atoms with Crippen molar-refractivity contribution < 1.29 is 9.47 Å². The van der Waals surface area contributed by atoms with E-state index in [9.17, 15) is 0 Å².